The Bertz CT molecular complexity index is 389. The van der Waals surface area contributed by atoms with Gasteiger partial charge in [-0.25, -0.2) is 4.68 Å². The van der Waals surface area contributed by atoms with Gasteiger partial charge in [0.05, 0.1) is 22.5 Å². The van der Waals surface area contributed by atoms with Crippen LogP contribution in [0, 0.1) is 25.2 Å². The molecule has 0 bridgehead atoms. The molecule has 0 radical (unpaired) electrons. The van der Waals surface area contributed by atoms with Crippen molar-refractivity contribution in [2.24, 2.45) is 0 Å². The molecule has 14 heavy (non-hydrogen) atoms. The van der Waals surface area contributed by atoms with E-state index in [1.807, 2.05) is 27.7 Å². The normalized spacial score (nSPS) is 14.9. The maximum absolute atomic E-state index is 9.11. The van der Waals surface area contributed by atoms with E-state index in [1.54, 1.807) is 4.68 Å². The van der Waals surface area contributed by atoms with Gasteiger partial charge in [0.2, 0.25) is 0 Å². The molecule has 1 unspecified atom stereocenters. The molecule has 0 amide bonds. The van der Waals surface area contributed by atoms with E-state index in [4.69, 9.17) is 16.9 Å². The van der Waals surface area contributed by atoms with Crippen molar-refractivity contribution in [2.45, 2.75) is 39.7 Å². The largest absolute Gasteiger partial charge is 0.248 e. The first-order valence-corrected chi connectivity index (χ1v) is 4.97. The summed E-state index contributed by atoms with van der Waals surface area (Å²) in [5.41, 5.74) is 1.04. The lowest BCUT2D eigenvalue weighted by molar-refractivity contribution is 0.359. The Hall–Kier alpha value is -1.01. The molecule has 76 valence electrons. The van der Waals surface area contributed by atoms with Gasteiger partial charge in [-0.1, -0.05) is 18.5 Å². The minimum atomic E-state index is -0.595. The molecule has 0 aliphatic heterocycles. The van der Waals surface area contributed by atoms with Crippen LogP contribution in [0.3, 0.4) is 0 Å². The molecule has 0 aromatic carbocycles. The van der Waals surface area contributed by atoms with Gasteiger partial charge < -0.3 is 0 Å². The zero-order valence-electron chi connectivity index (χ0n) is 8.93. The van der Waals surface area contributed by atoms with Gasteiger partial charge in [0.25, 0.3) is 0 Å². The molecule has 1 atom stereocenters. The van der Waals surface area contributed by atoms with Crippen LogP contribution in [0.1, 0.15) is 31.7 Å². The van der Waals surface area contributed by atoms with Gasteiger partial charge in [0, 0.05) is 0 Å². The van der Waals surface area contributed by atoms with E-state index in [-0.39, 0.29) is 0 Å². The number of halogens is 1. The summed E-state index contributed by atoms with van der Waals surface area (Å²) in [7, 11) is 0. The Labute approximate surface area is 89.3 Å². The third kappa shape index (κ3) is 1.51. The van der Waals surface area contributed by atoms with Crippen molar-refractivity contribution in [1.29, 1.82) is 5.26 Å². The molecule has 0 spiro atoms. The number of hydrogen-bond donors (Lipinski definition) is 0. The smallest absolute Gasteiger partial charge is 0.146 e. The molecule has 1 aromatic rings. The Morgan fingerprint density at radius 3 is 2.43 bits per heavy atom. The number of nitriles is 1. The van der Waals surface area contributed by atoms with Crippen molar-refractivity contribution in [2.75, 3.05) is 0 Å². The van der Waals surface area contributed by atoms with E-state index >= 15 is 0 Å². The molecule has 4 heteroatoms. The Morgan fingerprint density at radius 2 is 2.14 bits per heavy atom. The zero-order valence-corrected chi connectivity index (χ0v) is 9.68. The van der Waals surface area contributed by atoms with Crippen LogP contribution in [0.25, 0.3) is 0 Å². The van der Waals surface area contributed by atoms with Gasteiger partial charge >= 0.3 is 0 Å². The van der Waals surface area contributed by atoms with E-state index in [0.717, 1.165) is 11.4 Å². The van der Waals surface area contributed by atoms with Crippen LogP contribution in [-0.4, -0.2) is 9.78 Å². The first kappa shape index (κ1) is 11.1. The predicted octanol–water partition coefficient (Wildman–Crippen LogP) is 2.80. The van der Waals surface area contributed by atoms with Crippen LogP contribution in [0.5, 0.6) is 0 Å². The van der Waals surface area contributed by atoms with Crippen LogP contribution in [0.15, 0.2) is 0 Å². The van der Waals surface area contributed by atoms with E-state index in [9.17, 15) is 0 Å². The molecule has 0 saturated carbocycles. The highest BCUT2D eigenvalue weighted by molar-refractivity contribution is 6.31. The SMILES string of the molecule is CCC(C)(C#N)n1nc(C)c(Cl)c1C. The summed E-state index contributed by atoms with van der Waals surface area (Å²) >= 11 is 6.03. The average Bonchev–Trinajstić information content (AvgIpc) is 2.45. The molecule has 3 nitrogen and oxygen atoms in total. The van der Waals surface area contributed by atoms with Crippen molar-refractivity contribution in [3.63, 3.8) is 0 Å². The lowest BCUT2D eigenvalue weighted by Crippen LogP contribution is -2.29. The molecule has 1 heterocycles. The molecule has 0 aliphatic carbocycles. The quantitative estimate of drug-likeness (QED) is 0.755. The third-order valence-electron chi connectivity index (χ3n) is 2.60. The number of hydrogen-bond acceptors (Lipinski definition) is 2. The summed E-state index contributed by atoms with van der Waals surface area (Å²) < 4.78 is 1.71. The van der Waals surface area contributed by atoms with Crippen LogP contribution in [0.2, 0.25) is 5.02 Å². The third-order valence-corrected chi connectivity index (χ3v) is 3.15. The highest BCUT2D eigenvalue weighted by Gasteiger charge is 2.28. The number of aromatic nitrogens is 2. The molecule has 1 rings (SSSR count). The second-order valence-electron chi connectivity index (χ2n) is 3.64. The van der Waals surface area contributed by atoms with Crippen LogP contribution in [-0.2, 0) is 5.54 Å². The van der Waals surface area contributed by atoms with Gasteiger partial charge in [0.15, 0.2) is 0 Å². The number of nitrogens with zero attached hydrogens (tertiary/aromatic N) is 3. The standard InChI is InChI=1S/C10H14ClN3/c1-5-10(4,6-12)14-8(3)9(11)7(2)13-14/h5H2,1-4H3. The van der Waals surface area contributed by atoms with Gasteiger partial charge in [-0.2, -0.15) is 10.4 Å². The Kier molecular flexibility index (Phi) is 2.86. The van der Waals surface area contributed by atoms with E-state index in [0.29, 0.717) is 11.4 Å². The van der Waals surface area contributed by atoms with E-state index in [1.165, 1.54) is 0 Å². The van der Waals surface area contributed by atoms with Gasteiger partial charge in [-0.15, -0.1) is 0 Å². The first-order chi connectivity index (χ1) is 6.46. The summed E-state index contributed by atoms with van der Waals surface area (Å²) in [5.74, 6) is 0. The fraction of sp³-hybridized carbons (Fsp3) is 0.600. The maximum atomic E-state index is 9.11. The monoisotopic (exact) mass is 211 g/mol. The number of aryl methyl sites for hydroxylation is 1. The summed E-state index contributed by atoms with van der Waals surface area (Å²) in [5, 5.41) is 14.0. The highest BCUT2D eigenvalue weighted by atomic mass is 35.5. The minimum absolute atomic E-state index is 0.595. The van der Waals surface area contributed by atoms with Gasteiger partial charge in [0.1, 0.15) is 5.54 Å². The van der Waals surface area contributed by atoms with Gasteiger partial charge in [-0.3, -0.25) is 0 Å². The second kappa shape index (κ2) is 3.62. The predicted molar refractivity (Wildman–Crippen MR) is 56.3 cm³/mol. The van der Waals surface area contributed by atoms with E-state index < -0.39 is 5.54 Å². The lowest BCUT2D eigenvalue weighted by atomic mass is 10.0. The molecule has 0 aliphatic rings. The second-order valence-corrected chi connectivity index (χ2v) is 4.01. The first-order valence-electron chi connectivity index (χ1n) is 4.59. The molecule has 0 fully saturated rings. The van der Waals surface area contributed by atoms with Crippen molar-refractivity contribution < 1.29 is 0 Å². The van der Waals surface area contributed by atoms with Crippen LogP contribution < -0.4 is 0 Å². The zero-order chi connectivity index (χ0) is 10.9. The minimum Gasteiger partial charge on any atom is -0.248 e. The van der Waals surface area contributed by atoms with Crippen LogP contribution >= 0.6 is 11.6 Å². The molecule has 1 aromatic heterocycles. The van der Waals surface area contributed by atoms with Gasteiger partial charge in [-0.05, 0) is 27.2 Å². The molecule has 0 saturated heterocycles. The topological polar surface area (TPSA) is 41.6 Å². The van der Waals surface area contributed by atoms with Crippen molar-refractivity contribution in [3.8, 4) is 6.07 Å². The lowest BCUT2D eigenvalue weighted by Gasteiger charge is -2.21. The summed E-state index contributed by atoms with van der Waals surface area (Å²) in [6, 6.07) is 2.27. The Balaban J connectivity index is 3.33. The fourth-order valence-electron chi connectivity index (χ4n) is 1.38. The van der Waals surface area contributed by atoms with Crippen molar-refractivity contribution >= 4 is 11.6 Å². The van der Waals surface area contributed by atoms with Crippen molar-refractivity contribution in [3.05, 3.63) is 16.4 Å². The fourth-order valence-corrected chi connectivity index (χ4v) is 1.50. The molecular weight excluding hydrogens is 198 g/mol. The summed E-state index contributed by atoms with van der Waals surface area (Å²) in [4.78, 5) is 0. The Morgan fingerprint density at radius 1 is 1.57 bits per heavy atom. The highest BCUT2D eigenvalue weighted by Crippen LogP contribution is 2.26. The van der Waals surface area contributed by atoms with Crippen molar-refractivity contribution in [1.82, 2.24) is 9.78 Å². The summed E-state index contributed by atoms with van der Waals surface area (Å²) in [6.45, 7) is 7.56. The van der Waals surface area contributed by atoms with Crippen LogP contribution in [0.4, 0.5) is 0 Å². The molecule has 0 N–H and O–H groups in total. The molecular formula is C10H14ClN3. The maximum Gasteiger partial charge on any atom is 0.146 e. The number of rotatable bonds is 2. The average molecular weight is 212 g/mol. The summed E-state index contributed by atoms with van der Waals surface area (Å²) in [6.07, 6.45) is 0.710. The van der Waals surface area contributed by atoms with E-state index in [2.05, 4.69) is 11.2 Å².